The lowest BCUT2D eigenvalue weighted by Crippen LogP contribution is -2.39. The number of nitrogens with one attached hydrogen (secondary N) is 1. The first-order valence-corrected chi connectivity index (χ1v) is 9.03. The molecule has 1 aromatic heterocycles. The highest BCUT2D eigenvalue weighted by molar-refractivity contribution is 5.78. The Morgan fingerprint density at radius 3 is 2.57 bits per heavy atom. The van der Waals surface area contributed by atoms with Crippen molar-refractivity contribution in [1.29, 1.82) is 5.26 Å². The Morgan fingerprint density at radius 1 is 1.25 bits per heavy atom. The molecule has 1 fully saturated rings. The van der Waals surface area contributed by atoms with Gasteiger partial charge in [0.15, 0.2) is 11.5 Å². The van der Waals surface area contributed by atoms with Crippen LogP contribution in [0.15, 0.2) is 36.7 Å². The average molecular weight is 380 g/mol. The molecule has 0 spiro atoms. The highest BCUT2D eigenvalue weighted by Crippen LogP contribution is 2.23. The summed E-state index contributed by atoms with van der Waals surface area (Å²) in [6, 6.07) is 8.08. The molecule has 144 valence electrons. The number of carbonyl (C=O) groups is 1. The first-order chi connectivity index (χ1) is 13.6. The van der Waals surface area contributed by atoms with Gasteiger partial charge in [-0.1, -0.05) is 12.1 Å². The minimum atomic E-state index is -0.461. The van der Waals surface area contributed by atoms with Crippen LogP contribution in [0.1, 0.15) is 24.1 Å². The van der Waals surface area contributed by atoms with E-state index in [9.17, 15) is 14.9 Å². The summed E-state index contributed by atoms with van der Waals surface area (Å²) >= 11 is 0. The Labute approximate surface area is 162 Å². The number of aromatic nitrogens is 2. The molecule has 1 aromatic carbocycles. The lowest BCUT2D eigenvalue weighted by molar-refractivity contribution is -0.384. The standard InChI is InChI=1S/C19H20N6O3/c20-12-17-19(22-8-7-21-17)24-9-5-15(6-10-24)13-23-18(26)11-14-1-3-16(4-2-14)25(27)28/h1-4,7-8,15H,5-6,9-11,13H2,(H,23,26). The van der Waals surface area contributed by atoms with Crippen LogP contribution in [-0.4, -0.2) is 40.4 Å². The number of nitriles is 1. The second-order valence-electron chi connectivity index (χ2n) is 6.68. The Balaban J connectivity index is 1.44. The van der Waals surface area contributed by atoms with Gasteiger partial charge < -0.3 is 10.2 Å². The number of amides is 1. The van der Waals surface area contributed by atoms with Crippen LogP contribution in [0.2, 0.25) is 0 Å². The largest absolute Gasteiger partial charge is 0.356 e. The molecule has 1 aliphatic heterocycles. The molecular formula is C19H20N6O3. The minimum Gasteiger partial charge on any atom is -0.356 e. The Morgan fingerprint density at radius 2 is 1.93 bits per heavy atom. The van der Waals surface area contributed by atoms with E-state index in [1.807, 2.05) is 0 Å². The topological polar surface area (TPSA) is 125 Å². The van der Waals surface area contributed by atoms with Gasteiger partial charge in [0.05, 0.1) is 11.3 Å². The zero-order valence-corrected chi connectivity index (χ0v) is 15.2. The van der Waals surface area contributed by atoms with Gasteiger partial charge in [-0.3, -0.25) is 14.9 Å². The predicted molar refractivity (Wildman–Crippen MR) is 101 cm³/mol. The number of piperidine rings is 1. The average Bonchev–Trinajstić information content (AvgIpc) is 2.73. The van der Waals surface area contributed by atoms with Crippen molar-refractivity contribution < 1.29 is 9.72 Å². The van der Waals surface area contributed by atoms with Crippen LogP contribution in [0.25, 0.3) is 0 Å². The van der Waals surface area contributed by atoms with E-state index in [0.717, 1.165) is 31.5 Å². The smallest absolute Gasteiger partial charge is 0.269 e. The van der Waals surface area contributed by atoms with Gasteiger partial charge in [0, 0.05) is 44.2 Å². The molecule has 3 rings (SSSR count). The number of anilines is 1. The monoisotopic (exact) mass is 380 g/mol. The Kier molecular flexibility index (Phi) is 6.11. The summed E-state index contributed by atoms with van der Waals surface area (Å²) in [5.41, 5.74) is 1.08. The van der Waals surface area contributed by atoms with Crippen LogP contribution in [0.5, 0.6) is 0 Å². The number of benzene rings is 1. The third-order valence-corrected chi connectivity index (χ3v) is 4.80. The van der Waals surface area contributed by atoms with Crippen molar-refractivity contribution in [3.8, 4) is 6.07 Å². The van der Waals surface area contributed by atoms with Crippen LogP contribution in [0.4, 0.5) is 11.5 Å². The van der Waals surface area contributed by atoms with Crippen molar-refractivity contribution >= 4 is 17.4 Å². The van der Waals surface area contributed by atoms with Gasteiger partial charge in [0.25, 0.3) is 5.69 Å². The molecule has 28 heavy (non-hydrogen) atoms. The summed E-state index contributed by atoms with van der Waals surface area (Å²) in [7, 11) is 0. The summed E-state index contributed by atoms with van der Waals surface area (Å²) in [5, 5.41) is 22.8. The summed E-state index contributed by atoms with van der Waals surface area (Å²) < 4.78 is 0. The first kappa shape index (κ1) is 19.2. The Bertz CT molecular complexity index is 885. The van der Waals surface area contributed by atoms with E-state index in [0.29, 0.717) is 24.0 Å². The van der Waals surface area contributed by atoms with E-state index in [1.54, 1.807) is 18.3 Å². The van der Waals surface area contributed by atoms with E-state index in [-0.39, 0.29) is 18.0 Å². The molecule has 1 N–H and O–H groups in total. The van der Waals surface area contributed by atoms with Gasteiger partial charge in [-0.25, -0.2) is 9.97 Å². The molecule has 2 heterocycles. The molecule has 0 saturated carbocycles. The molecule has 9 heteroatoms. The van der Waals surface area contributed by atoms with Crippen LogP contribution in [0, 0.1) is 27.4 Å². The molecule has 1 amide bonds. The van der Waals surface area contributed by atoms with Gasteiger partial charge in [0.1, 0.15) is 6.07 Å². The maximum absolute atomic E-state index is 12.1. The molecule has 9 nitrogen and oxygen atoms in total. The molecule has 0 atom stereocenters. The quantitative estimate of drug-likeness (QED) is 0.598. The highest BCUT2D eigenvalue weighted by Gasteiger charge is 2.22. The maximum Gasteiger partial charge on any atom is 0.269 e. The number of hydrogen-bond donors (Lipinski definition) is 1. The number of carbonyl (C=O) groups excluding carboxylic acids is 1. The molecule has 0 aliphatic carbocycles. The number of rotatable bonds is 6. The molecule has 1 saturated heterocycles. The molecule has 0 unspecified atom stereocenters. The number of hydrogen-bond acceptors (Lipinski definition) is 7. The van der Waals surface area contributed by atoms with Crippen LogP contribution >= 0.6 is 0 Å². The number of nitrogens with zero attached hydrogens (tertiary/aromatic N) is 5. The van der Waals surface area contributed by atoms with Crippen LogP contribution < -0.4 is 10.2 Å². The number of nitro groups is 1. The van der Waals surface area contributed by atoms with Gasteiger partial charge in [0.2, 0.25) is 5.91 Å². The third kappa shape index (κ3) is 4.79. The van der Waals surface area contributed by atoms with Gasteiger partial charge >= 0.3 is 0 Å². The predicted octanol–water partition coefficient (Wildman–Crippen LogP) is 1.83. The van der Waals surface area contributed by atoms with Crippen molar-refractivity contribution in [3.63, 3.8) is 0 Å². The zero-order valence-electron chi connectivity index (χ0n) is 15.2. The second-order valence-corrected chi connectivity index (χ2v) is 6.68. The minimum absolute atomic E-state index is 0.0126. The number of nitro benzene ring substituents is 1. The fourth-order valence-electron chi connectivity index (χ4n) is 3.23. The van der Waals surface area contributed by atoms with Crippen LogP contribution in [-0.2, 0) is 11.2 Å². The van der Waals surface area contributed by atoms with Crippen molar-refractivity contribution in [2.45, 2.75) is 19.3 Å². The van der Waals surface area contributed by atoms with Crippen molar-refractivity contribution in [3.05, 3.63) is 58.0 Å². The van der Waals surface area contributed by atoms with E-state index >= 15 is 0 Å². The highest BCUT2D eigenvalue weighted by atomic mass is 16.6. The molecule has 0 radical (unpaired) electrons. The lowest BCUT2D eigenvalue weighted by Gasteiger charge is -2.32. The van der Waals surface area contributed by atoms with Crippen molar-refractivity contribution in [1.82, 2.24) is 15.3 Å². The van der Waals surface area contributed by atoms with E-state index < -0.39 is 4.92 Å². The SMILES string of the molecule is N#Cc1nccnc1N1CCC(CNC(=O)Cc2ccc([N+](=O)[O-])cc2)CC1. The lowest BCUT2D eigenvalue weighted by atomic mass is 9.96. The first-order valence-electron chi connectivity index (χ1n) is 9.03. The molecule has 2 aromatic rings. The second kappa shape index (κ2) is 8.90. The van der Waals surface area contributed by atoms with E-state index in [2.05, 4.69) is 26.3 Å². The zero-order chi connectivity index (χ0) is 19.9. The summed E-state index contributed by atoms with van der Waals surface area (Å²) in [4.78, 5) is 32.7. The molecule has 1 aliphatic rings. The van der Waals surface area contributed by atoms with Crippen LogP contribution in [0.3, 0.4) is 0 Å². The fraction of sp³-hybridized carbons (Fsp3) is 0.368. The third-order valence-electron chi connectivity index (χ3n) is 4.80. The summed E-state index contributed by atoms with van der Waals surface area (Å²) in [6.07, 6.45) is 5.07. The molecule has 0 bridgehead atoms. The summed E-state index contributed by atoms with van der Waals surface area (Å²) in [5.74, 6) is 0.877. The number of non-ortho nitro benzene ring substituents is 1. The van der Waals surface area contributed by atoms with Crippen molar-refractivity contribution in [2.75, 3.05) is 24.5 Å². The van der Waals surface area contributed by atoms with Gasteiger partial charge in [-0.05, 0) is 24.3 Å². The van der Waals surface area contributed by atoms with Gasteiger partial charge in [-0.15, -0.1) is 0 Å². The van der Waals surface area contributed by atoms with Crippen molar-refractivity contribution in [2.24, 2.45) is 5.92 Å². The maximum atomic E-state index is 12.1. The van der Waals surface area contributed by atoms with E-state index in [1.165, 1.54) is 18.3 Å². The van der Waals surface area contributed by atoms with E-state index in [4.69, 9.17) is 5.26 Å². The normalized spacial score (nSPS) is 14.3. The van der Waals surface area contributed by atoms with Gasteiger partial charge in [-0.2, -0.15) is 5.26 Å². The fourth-order valence-corrected chi connectivity index (χ4v) is 3.23. The molecular weight excluding hydrogens is 360 g/mol. The Hall–Kier alpha value is -3.54. The summed E-state index contributed by atoms with van der Waals surface area (Å²) in [6.45, 7) is 2.11.